The molecule has 0 radical (unpaired) electrons. The van der Waals surface area contributed by atoms with Crippen molar-refractivity contribution in [3.63, 3.8) is 0 Å². The van der Waals surface area contributed by atoms with Gasteiger partial charge in [0.25, 0.3) is 5.69 Å². The predicted molar refractivity (Wildman–Crippen MR) is 102 cm³/mol. The maximum Gasteiger partial charge on any atom is 0.339 e. The van der Waals surface area contributed by atoms with E-state index in [0.29, 0.717) is 0 Å². The first kappa shape index (κ1) is 21.6. The minimum atomic E-state index is -2.05. The first-order chi connectivity index (χ1) is 14.1. The summed E-state index contributed by atoms with van der Waals surface area (Å²) in [6.07, 6.45) is -1.50. The number of esters is 1. The van der Waals surface area contributed by atoms with E-state index in [1.54, 1.807) is 0 Å². The topological polar surface area (TPSA) is 171 Å². The molecule has 0 saturated carbocycles. The Morgan fingerprint density at radius 2 is 1.87 bits per heavy atom. The largest absolute Gasteiger partial charge is 0.871 e. The number of nitrogens with one attached hydrogen (secondary N) is 1. The van der Waals surface area contributed by atoms with Gasteiger partial charge in [-0.1, -0.05) is 41.4 Å². The number of nitro groups is 1. The van der Waals surface area contributed by atoms with Crippen molar-refractivity contribution < 1.29 is 29.9 Å². The van der Waals surface area contributed by atoms with E-state index in [1.165, 1.54) is 24.3 Å². The van der Waals surface area contributed by atoms with Gasteiger partial charge in [0.15, 0.2) is 5.88 Å². The fourth-order valence-corrected chi connectivity index (χ4v) is 3.44. The van der Waals surface area contributed by atoms with Gasteiger partial charge in [0, 0.05) is 17.7 Å². The number of hydroxylamine groups is 2. The molecule has 1 aliphatic rings. The highest BCUT2D eigenvalue weighted by molar-refractivity contribution is 6.39. The summed E-state index contributed by atoms with van der Waals surface area (Å²) >= 11 is 11.8. The van der Waals surface area contributed by atoms with Crippen LogP contribution in [0.4, 0.5) is 11.4 Å². The molecule has 158 valence electrons. The van der Waals surface area contributed by atoms with Gasteiger partial charge in [-0.2, -0.15) is 0 Å². The van der Waals surface area contributed by atoms with E-state index in [4.69, 9.17) is 27.9 Å². The van der Waals surface area contributed by atoms with Crippen LogP contribution in [-0.2, 0) is 4.74 Å². The summed E-state index contributed by atoms with van der Waals surface area (Å²) in [5.74, 6) is -3.34. The lowest BCUT2D eigenvalue weighted by Gasteiger charge is -2.38. The summed E-state index contributed by atoms with van der Waals surface area (Å²) in [6.45, 7) is 0. The molecular weight excluding hydrogens is 445 g/mol. The number of aliphatic hydroxyl groups excluding tert-OH is 1. The third-order valence-corrected chi connectivity index (χ3v) is 4.83. The van der Waals surface area contributed by atoms with Crippen molar-refractivity contribution in [2.24, 2.45) is 0 Å². The van der Waals surface area contributed by atoms with Crippen molar-refractivity contribution in [1.82, 2.24) is 5.23 Å². The summed E-state index contributed by atoms with van der Waals surface area (Å²) in [4.78, 5) is 22.0. The van der Waals surface area contributed by atoms with E-state index in [-0.39, 0.29) is 26.9 Å². The smallest absolute Gasteiger partial charge is 0.339 e. The van der Waals surface area contributed by atoms with Crippen LogP contribution < -0.4 is 10.4 Å². The predicted octanol–water partition coefficient (Wildman–Crippen LogP) is 2.87. The van der Waals surface area contributed by atoms with Crippen molar-refractivity contribution in [2.45, 2.75) is 12.1 Å². The highest BCUT2D eigenvalue weighted by Gasteiger charge is 2.37. The molecule has 1 heterocycles. The molecule has 0 spiro atoms. The number of carbonyl (C=O) groups is 1. The maximum absolute atomic E-state index is 12.7. The zero-order valence-corrected chi connectivity index (χ0v) is 16.1. The molecule has 0 aliphatic carbocycles. The normalized spacial score (nSPS) is 17.2. The zero-order valence-electron chi connectivity index (χ0n) is 14.6. The summed E-state index contributed by atoms with van der Waals surface area (Å²) < 4.78 is 5.03. The second-order valence-corrected chi connectivity index (χ2v) is 6.85. The highest BCUT2D eigenvalue weighted by Crippen LogP contribution is 2.38. The first-order valence-corrected chi connectivity index (χ1v) is 8.83. The van der Waals surface area contributed by atoms with Crippen molar-refractivity contribution in [3.8, 4) is 0 Å². The Morgan fingerprint density at radius 3 is 2.43 bits per heavy atom. The molecule has 2 aromatic carbocycles. The number of non-ortho nitro benzene ring substituents is 1. The molecule has 2 unspecified atom stereocenters. The van der Waals surface area contributed by atoms with Crippen LogP contribution in [0.15, 0.2) is 48.0 Å². The Labute approximate surface area is 178 Å². The standard InChI is InChI=1S/C17H12Cl2N3O8/c18-10-5-7(21(26)27)6-11(19)12(10)20-16(24)14(23)13(22(28)29)15-8-3-1-2-4-9(8)17(25)30-15/h1-6,13,15,20,23-24,28H/q-1/p-1. The minimum absolute atomic E-state index is 0.0936. The van der Waals surface area contributed by atoms with E-state index in [9.17, 15) is 35.5 Å². The fourth-order valence-electron chi connectivity index (χ4n) is 2.87. The molecule has 0 fully saturated rings. The van der Waals surface area contributed by atoms with Gasteiger partial charge >= 0.3 is 5.97 Å². The Balaban J connectivity index is 1.97. The number of fused-ring (bicyclic) bond motifs is 1. The van der Waals surface area contributed by atoms with Gasteiger partial charge in [-0.25, -0.2) is 4.79 Å². The van der Waals surface area contributed by atoms with Gasteiger partial charge in [0.05, 0.1) is 32.3 Å². The molecule has 0 amide bonds. The molecule has 2 aromatic rings. The molecule has 30 heavy (non-hydrogen) atoms. The lowest BCUT2D eigenvalue weighted by atomic mass is 9.99. The molecule has 2 atom stereocenters. The number of benzene rings is 2. The quantitative estimate of drug-likeness (QED) is 0.254. The van der Waals surface area contributed by atoms with Crippen LogP contribution in [0, 0.1) is 15.3 Å². The highest BCUT2D eigenvalue weighted by atomic mass is 35.5. The molecule has 0 aromatic heterocycles. The van der Waals surface area contributed by atoms with Crippen LogP contribution in [0.3, 0.4) is 0 Å². The molecule has 1 aliphatic heterocycles. The average Bonchev–Trinajstić information content (AvgIpc) is 3.00. The van der Waals surface area contributed by atoms with Crippen molar-refractivity contribution in [1.29, 1.82) is 0 Å². The second kappa shape index (κ2) is 8.34. The summed E-state index contributed by atoms with van der Waals surface area (Å²) in [5.41, 5.74) is -0.437. The van der Waals surface area contributed by atoms with E-state index in [0.717, 1.165) is 12.1 Å². The number of aliphatic hydroxyl groups is 1. The summed E-state index contributed by atoms with van der Waals surface area (Å²) in [7, 11) is 0. The van der Waals surface area contributed by atoms with Crippen LogP contribution in [0.5, 0.6) is 0 Å². The Kier molecular flexibility index (Phi) is 6.01. The molecular formula is C17H11Cl2N3O8-2. The van der Waals surface area contributed by atoms with Crippen molar-refractivity contribution >= 4 is 40.5 Å². The van der Waals surface area contributed by atoms with Crippen LogP contribution in [0.1, 0.15) is 22.0 Å². The number of ether oxygens (including phenoxy) is 1. The Morgan fingerprint density at radius 1 is 1.27 bits per heavy atom. The number of carbonyl (C=O) groups excluding carboxylic acids is 1. The van der Waals surface area contributed by atoms with Gasteiger partial charge in [0.1, 0.15) is 6.10 Å². The van der Waals surface area contributed by atoms with Crippen molar-refractivity contribution in [2.75, 3.05) is 5.32 Å². The van der Waals surface area contributed by atoms with Crippen LogP contribution in [0.2, 0.25) is 10.0 Å². The number of cyclic esters (lactones) is 1. The van der Waals surface area contributed by atoms with Gasteiger partial charge in [-0.3, -0.25) is 15.3 Å². The molecule has 13 heteroatoms. The number of anilines is 1. The van der Waals surface area contributed by atoms with E-state index >= 15 is 0 Å². The van der Waals surface area contributed by atoms with E-state index in [1.807, 2.05) is 0 Å². The number of hydrogen-bond donors (Lipinski definition) is 3. The lowest BCUT2D eigenvalue weighted by Crippen LogP contribution is -2.41. The molecule has 3 rings (SSSR count). The summed E-state index contributed by atoms with van der Waals surface area (Å²) in [6, 6.07) is 5.68. The van der Waals surface area contributed by atoms with Gasteiger partial charge in [0.2, 0.25) is 0 Å². The molecule has 11 nitrogen and oxygen atoms in total. The number of halogens is 2. The minimum Gasteiger partial charge on any atom is -0.871 e. The summed E-state index contributed by atoms with van der Waals surface area (Å²) in [5, 5.41) is 55.6. The third kappa shape index (κ3) is 3.97. The van der Waals surface area contributed by atoms with Crippen LogP contribution in [0.25, 0.3) is 0 Å². The maximum atomic E-state index is 12.7. The second-order valence-electron chi connectivity index (χ2n) is 6.04. The molecule has 3 N–H and O–H groups in total. The Bertz CT molecular complexity index is 1040. The van der Waals surface area contributed by atoms with Gasteiger partial charge in [-0.05, 0) is 11.8 Å². The Hall–Kier alpha value is -3.09. The zero-order chi connectivity index (χ0) is 22.2. The van der Waals surface area contributed by atoms with Crippen LogP contribution in [-0.4, -0.2) is 32.5 Å². The monoisotopic (exact) mass is 455 g/mol. The third-order valence-electron chi connectivity index (χ3n) is 4.23. The lowest BCUT2D eigenvalue weighted by molar-refractivity contribution is -0.384. The van der Waals surface area contributed by atoms with Crippen LogP contribution >= 0.6 is 23.2 Å². The SMILES string of the molecule is O=C1OC(C(C([O-])=C(O)Nc2c(Cl)cc([N+](=O)[O-])cc2Cl)N([O-])O)c2ccccc21. The van der Waals surface area contributed by atoms with Crippen molar-refractivity contribution in [3.05, 3.63) is 84.5 Å². The number of hydrogen-bond acceptors (Lipinski definition) is 10. The van der Waals surface area contributed by atoms with E-state index in [2.05, 4.69) is 5.32 Å². The molecule has 0 bridgehead atoms. The van der Waals surface area contributed by atoms with Gasteiger partial charge in [-0.15, -0.1) is 0 Å². The molecule has 0 saturated heterocycles. The fraction of sp³-hybridized carbons (Fsp3) is 0.118. The van der Waals surface area contributed by atoms with E-state index < -0.39 is 45.6 Å². The number of nitro benzene ring substituents is 1. The number of rotatable bonds is 6. The average molecular weight is 456 g/mol. The van der Waals surface area contributed by atoms with Gasteiger partial charge < -0.3 is 30.7 Å². The first-order valence-electron chi connectivity index (χ1n) is 8.07. The number of nitrogens with zero attached hydrogens (tertiary/aromatic N) is 2.